The molecule has 0 aliphatic carbocycles. The number of esters is 1. The van der Waals surface area contributed by atoms with E-state index in [1.807, 2.05) is 34.9 Å². The number of hydrogen-bond donors (Lipinski definition) is 0. The summed E-state index contributed by atoms with van der Waals surface area (Å²) < 4.78 is 12.5. The lowest BCUT2D eigenvalue weighted by Gasteiger charge is -2.13. The van der Waals surface area contributed by atoms with E-state index in [-0.39, 0.29) is 12.6 Å². The molecule has 0 N–H and O–H groups in total. The predicted octanol–water partition coefficient (Wildman–Crippen LogP) is 4.15. The first-order chi connectivity index (χ1) is 13.1. The van der Waals surface area contributed by atoms with Crippen LogP contribution < -0.4 is 4.74 Å². The van der Waals surface area contributed by atoms with Gasteiger partial charge in [0.15, 0.2) is 11.0 Å². The summed E-state index contributed by atoms with van der Waals surface area (Å²) in [6.45, 7) is 1.99. The van der Waals surface area contributed by atoms with Crippen molar-refractivity contribution in [1.82, 2.24) is 14.8 Å². The molecule has 6 nitrogen and oxygen atoms in total. The van der Waals surface area contributed by atoms with Gasteiger partial charge in [-0.05, 0) is 43.3 Å². The number of thioether (sulfide) groups is 1. The predicted molar refractivity (Wildman–Crippen MR) is 104 cm³/mol. The van der Waals surface area contributed by atoms with Crippen molar-refractivity contribution < 1.29 is 14.3 Å². The maximum atomic E-state index is 11.8. The zero-order valence-electron chi connectivity index (χ0n) is 14.8. The Morgan fingerprint density at radius 2 is 1.85 bits per heavy atom. The smallest absolute Gasteiger partial charge is 0.318 e. The number of rotatable bonds is 7. The molecule has 0 saturated carbocycles. The highest BCUT2D eigenvalue weighted by Crippen LogP contribution is 2.27. The first-order valence-corrected chi connectivity index (χ1v) is 9.47. The van der Waals surface area contributed by atoms with Gasteiger partial charge >= 0.3 is 5.97 Å². The van der Waals surface area contributed by atoms with Gasteiger partial charge in [0.25, 0.3) is 0 Å². The molecule has 8 heteroatoms. The minimum absolute atomic E-state index is 0.219. The molecule has 140 valence electrons. The maximum absolute atomic E-state index is 11.8. The lowest BCUT2D eigenvalue weighted by molar-refractivity contribution is -0.139. The van der Waals surface area contributed by atoms with E-state index in [0.717, 1.165) is 5.69 Å². The zero-order chi connectivity index (χ0) is 19.2. The summed E-state index contributed by atoms with van der Waals surface area (Å²) in [7, 11) is 1.37. The molecule has 1 heterocycles. The summed E-state index contributed by atoms with van der Waals surface area (Å²) in [5, 5.41) is 9.32. The number of hydrogen-bond acceptors (Lipinski definition) is 6. The zero-order valence-corrected chi connectivity index (χ0v) is 16.4. The van der Waals surface area contributed by atoms with Crippen molar-refractivity contribution in [2.24, 2.45) is 0 Å². The fourth-order valence-electron chi connectivity index (χ4n) is 2.36. The highest BCUT2D eigenvalue weighted by Gasteiger charge is 2.21. The number of methoxy groups -OCH3 is 1. The summed E-state index contributed by atoms with van der Waals surface area (Å²) in [5.74, 6) is 0.983. The number of ether oxygens (including phenoxy) is 2. The van der Waals surface area contributed by atoms with Crippen LogP contribution in [0.3, 0.4) is 0 Å². The molecule has 3 rings (SSSR count). The van der Waals surface area contributed by atoms with Crippen molar-refractivity contribution in [3.8, 4) is 11.4 Å². The number of carbonyl (C=O) groups excluding carboxylic acids is 1. The van der Waals surface area contributed by atoms with Crippen molar-refractivity contribution in [2.75, 3.05) is 7.11 Å². The first kappa shape index (κ1) is 19.3. The number of aromatic nitrogens is 3. The van der Waals surface area contributed by atoms with Gasteiger partial charge in [-0.25, -0.2) is 0 Å². The molecule has 0 aliphatic heterocycles. The average Bonchev–Trinajstić information content (AvgIpc) is 3.09. The van der Waals surface area contributed by atoms with Crippen LogP contribution in [0.5, 0.6) is 5.75 Å². The molecule has 3 aromatic rings. The molecule has 0 fully saturated rings. The third kappa shape index (κ3) is 4.81. The van der Waals surface area contributed by atoms with Crippen LogP contribution in [0.4, 0.5) is 0 Å². The van der Waals surface area contributed by atoms with Crippen LogP contribution in [0.1, 0.15) is 12.7 Å². The first-order valence-electron chi connectivity index (χ1n) is 8.21. The summed E-state index contributed by atoms with van der Waals surface area (Å²) in [6, 6.07) is 16.8. The van der Waals surface area contributed by atoms with Crippen molar-refractivity contribution in [1.29, 1.82) is 0 Å². The van der Waals surface area contributed by atoms with Gasteiger partial charge in [-0.2, -0.15) is 0 Å². The van der Waals surface area contributed by atoms with Crippen LogP contribution >= 0.6 is 23.4 Å². The van der Waals surface area contributed by atoms with E-state index in [4.69, 9.17) is 21.1 Å². The minimum Gasteiger partial charge on any atom is -0.486 e. The summed E-state index contributed by atoms with van der Waals surface area (Å²) in [6.07, 6.45) is 0. The van der Waals surface area contributed by atoms with E-state index in [1.165, 1.54) is 18.9 Å². The molecule has 0 radical (unpaired) electrons. The second-order valence-corrected chi connectivity index (χ2v) is 7.34. The number of carbonyl (C=O) groups is 1. The van der Waals surface area contributed by atoms with Gasteiger partial charge in [0.05, 0.1) is 7.11 Å². The number of halogens is 1. The number of nitrogens with zero attached hydrogens (tertiary/aromatic N) is 3. The monoisotopic (exact) mass is 403 g/mol. The Balaban J connectivity index is 1.87. The van der Waals surface area contributed by atoms with Gasteiger partial charge in [-0.3, -0.25) is 9.36 Å². The van der Waals surface area contributed by atoms with Crippen molar-refractivity contribution in [2.45, 2.75) is 23.9 Å². The number of benzene rings is 2. The number of para-hydroxylation sites is 1. The Bertz CT molecular complexity index is 900. The third-order valence-corrected chi connectivity index (χ3v) is 4.98. The van der Waals surface area contributed by atoms with Crippen LogP contribution in [0.2, 0.25) is 5.02 Å². The molecule has 27 heavy (non-hydrogen) atoms. The lowest BCUT2D eigenvalue weighted by atomic mass is 10.3. The second-order valence-electron chi connectivity index (χ2n) is 5.60. The largest absolute Gasteiger partial charge is 0.486 e. The van der Waals surface area contributed by atoms with Crippen LogP contribution in [-0.2, 0) is 16.1 Å². The Morgan fingerprint density at radius 3 is 2.52 bits per heavy atom. The molecule has 1 aromatic heterocycles. The maximum Gasteiger partial charge on any atom is 0.318 e. The molecule has 0 amide bonds. The molecule has 0 bridgehead atoms. The third-order valence-electron chi connectivity index (χ3n) is 3.71. The van der Waals surface area contributed by atoms with Crippen molar-refractivity contribution in [3.05, 3.63) is 65.4 Å². The van der Waals surface area contributed by atoms with E-state index < -0.39 is 5.25 Å². The van der Waals surface area contributed by atoms with Gasteiger partial charge in [0, 0.05) is 10.7 Å². The van der Waals surface area contributed by atoms with Gasteiger partial charge in [-0.1, -0.05) is 41.6 Å². The van der Waals surface area contributed by atoms with Crippen LogP contribution in [0.15, 0.2) is 59.8 Å². The molecule has 2 aromatic carbocycles. The molecule has 0 spiro atoms. The molecule has 0 saturated heterocycles. The highest BCUT2D eigenvalue weighted by molar-refractivity contribution is 8.00. The Hall–Kier alpha value is -2.51. The quantitative estimate of drug-likeness (QED) is 0.436. The normalized spacial score (nSPS) is 11.8. The van der Waals surface area contributed by atoms with E-state index in [0.29, 0.717) is 21.8 Å². The Labute approximate surface area is 166 Å². The van der Waals surface area contributed by atoms with Crippen LogP contribution in [-0.4, -0.2) is 33.1 Å². The fraction of sp³-hybridized carbons (Fsp3) is 0.211. The molecule has 1 unspecified atom stereocenters. The van der Waals surface area contributed by atoms with Crippen LogP contribution in [0, 0.1) is 0 Å². The Kier molecular flexibility index (Phi) is 6.36. The van der Waals surface area contributed by atoms with Crippen LogP contribution in [0.25, 0.3) is 5.69 Å². The molecular weight excluding hydrogens is 386 g/mol. The molecule has 1 atom stereocenters. The van der Waals surface area contributed by atoms with E-state index in [1.54, 1.807) is 31.2 Å². The van der Waals surface area contributed by atoms with Gasteiger partial charge in [-0.15, -0.1) is 10.2 Å². The fourth-order valence-corrected chi connectivity index (χ4v) is 3.40. The second kappa shape index (κ2) is 8.92. The summed E-state index contributed by atoms with van der Waals surface area (Å²) in [5.41, 5.74) is 0.886. The molecular formula is C19H18ClN3O3S. The lowest BCUT2D eigenvalue weighted by Crippen LogP contribution is -2.16. The standard InChI is InChI=1S/C19H18ClN3O3S/c1-13(18(24)25-2)27-19-22-21-17(23(19)15-6-4-3-5-7-15)12-26-16-10-8-14(20)9-11-16/h3-11,13H,12H2,1-2H3. The van der Waals surface area contributed by atoms with Crippen molar-refractivity contribution in [3.63, 3.8) is 0 Å². The summed E-state index contributed by atoms with van der Waals surface area (Å²) >= 11 is 7.18. The van der Waals surface area contributed by atoms with Gasteiger partial charge in [0.1, 0.15) is 17.6 Å². The van der Waals surface area contributed by atoms with E-state index in [9.17, 15) is 4.79 Å². The minimum atomic E-state index is -0.410. The highest BCUT2D eigenvalue weighted by atomic mass is 35.5. The topological polar surface area (TPSA) is 66.2 Å². The SMILES string of the molecule is COC(=O)C(C)Sc1nnc(COc2ccc(Cl)cc2)n1-c1ccccc1. The Morgan fingerprint density at radius 1 is 1.15 bits per heavy atom. The van der Waals surface area contributed by atoms with Gasteiger partial charge < -0.3 is 9.47 Å². The van der Waals surface area contributed by atoms with E-state index >= 15 is 0 Å². The van der Waals surface area contributed by atoms with Crippen molar-refractivity contribution >= 4 is 29.3 Å². The van der Waals surface area contributed by atoms with Gasteiger partial charge in [0.2, 0.25) is 0 Å². The summed E-state index contributed by atoms with van der Waals surface area (Å²) in [4.78, 5) is 11.8. The van der Waals surface area contributed by atoms with E-state index in [2.05, 4.69) is 10.2 Å². The molecule has 0 aliphatic rings. The average molecular weight is 404 g/mol.